The molecule has 0 spiro atoms. The summed E-state index contributed by atoms with van der Waals surface area (Å²) in [5.41, 5.74) is 8.31. The molecule has 3 N–H and O–H groups in total. The number of benzene rings is 2. The number of hydrazine groups is 1. The van der Waals surface area contributed by atoms with Gasteiger partial charge < -0.3 is 5.11 Å². The van der Waals surface area contributed by atoms with E-state index < -0.39 is 11.9 Å². The van der Waals surface area contributed by atoms with Gasteiger partial charge in [-0.1, -0.05) is 30.3 Å². The Morgan fingerprint density at radius 3 is 2.57 bits per heavy atom. The highest BCUT2D eigenvalue weighted by Crippen LogP contribution is 2.29. The summed E-state index contributed by atoms with van der Waals surface area (Å²) in [6.07, 6.45) is 0. The van der Waals surface area contributed by atoms with Crippen LogP contribution in [0.1, 0.15) is 10.4 Å². The zero-order valence-electron chi connectivity index (χ0n) is 15.3. The maximum absolute atomic E-state index is 12.8. The van der Waals surface area contributed by atoms with Crippen LogP contribution in [0.3, 0.4) is 0 Å². The van der Waals surface area contributed by atoms with E-state index in [0.717, 1.165) is 5.56 Å². The molecule has 1 aliphatic heterocycles. The molecule has 0 saturated carbocycles. The number of hydrogen-bond donors (Lipinski definition) is 3. The number of halogens is 1. The number of carboxylic acid groups (broad SMARTS) is 1. The monoisotopic (exact) mass is 439 g/mol. The van der Waals surface area contributed by atoms with Gasteiger partial charge in [-0.3, -0.25) is 15.6 Å². The second kappa shape index (κ2) is 7.97. The Kier molecular flexibility index (Phi) is 5.21. The smallest absolute Gasteiger partial charge is 0.335 e. The third-order valence-corrected chi connectivity index (χ3v) is 5.27. The highest BCUT2D eigenvalue weighted by Gasteiger charge is 2.34. The van der Waals surface area contributed by atoms with Gasteiger partial charge in [-0.2, -0.15) is 10.1 Å². The first-order chi connectivity index (χ1) is 14.4. The van der Waals surface area contributed by atoms with Gasteiger partial charge in [0.1, 0.15) is 0 Å². The Labute approximate surface area is 180 Å². The Morgan fingerprint density at radius 2 is 1.90 bits per heavy atom. The third kappa shape index (κ3) is 3.88. The van der Waals surface area contributed by atoms with Crippen molar-refractivity contribution in [3.63, 3.8) is 0 Å². The summed E-state index contributed by atoms with van der Waals surface area (Å²) in [6.45, 7) is 3.83. The molecule has 150 valence electrons. The zero-order chi connectivity index (χ0) is 21.3. The molecule has 0 aliphatic carbocycles. The lowest BCUT2D eigenvalue weighted by Gasteiger charge is -2.10. The molecule has 30 heavy (non-hydrogen) atoms. The normalized spacial score (nSPS) is 14.8. The summed E-state index contributed by atoms with van der Waals surface area (Å²) in [6, 6.07) is 13.2. The first-order valence-corrected chi connectivity index (χ1v) is 9.87. The number of carbonyl (C=O) groups excluding carboxylic acids is 1. The molecule has 10 heteroatoms. The summed E-state index contributed by atoms with van der Waals surface area (Å²) in [5, 5.41) is 17.2. The van der Waals surface area contributed by atoms with Crippen molar-refractivity contribution >= 4 is 51.3 Å². The fourth-order valence-electron chi connectivity index (χ4n) is 2.65. The molecule has 2 heterocycles. The quantitative estimate of drug-likeness (QED) is 0.519. The Hall–Kier alpha value is -3.69. The Balaban J connectivity index is 1.50. The first kappa shape index (κ1) is 19.6. The van der Waals surface area contributed by atoms with E-state index in [4.69, 9.17) is 16.7 Å². The van der Waals surface area contributed by atoms with Gasteiger partial charge in [0, 0.05) is 16.0 Å². The lowest BCUT2D eigenvalue weighted by Crippen LogP contribution is -2.34. The molecular formula is C20H14ClN5O3S. The van der Waals surface area contributed by atoms with Crippen molar-refractivity contribution in [2.45, 2.75) is 0 Å². The SMILES string of the molecule is C=C1NN(c2nc(-c3ccc(Cl)cc3)cs2)C(=O)/C1=N/Nc1ccc(C(=O)O)cc1. The number of carboxylic acids is 1. The average molecular weight is 440 g/mol. The van der Waals surface area contributed by atoms with Gasteiger partial charge in [0.25, 0.3) is 0 Å². The van der Waals surface area contributed by atoms with Crippen LogP contribution in [0.25, 0.3) is 11.3 Å². The number of thiazole rings is 1. The summed E-state index contributed by atoms with van der Waals surface area (Å²) in [7, 11) is 0. The van der Waals surface area contributed by atoms with E-state index in [1.807, 2.05) is 17.5 Å². The van der Waals surface area contributed by atoms with Gasteiger partial charge in [0.2, 0.25) is 5.13 Å². The number of aromatic nitrogens is 1. The van der Waals surface area contributed by atoms with Gasteiger partial charge >= 0.3 is 11.9 Å². The van der Waals surface area contributed by atoms with Crippen LogP contribution in [0.15, 0.2) is 71.3 Å². The van der Waals surface area contributed by atoms with Crippen LogP contribution in [-0.2, 0) is 4.79 Å². The van der Waals surface area contributed by atoms with Crippen LogP contribution in [0, 0.1) is 0 Å². The number of hydrogen-bond acceptors (Lipinski definition) is 7. The van der Waals surface area contributed by atoms with E-state index in [1.54, 1.807) is 24.3 Å². The molecule has 0 radical (unpaired) electrons. The van der Waals surface area contributed by atoms with Crippen molar-refractivity contribution in [2.75, 3.05) is 10.4 Å². The van der Waals surface area contributed by atoms with Crippen LogP contribution < -0.4 is 15.9 Å². The second-order valence-corrected chi connectivity index (χ2v) is 7.48. The predicted molar refractivity (Wildman–Crippen MR) is 117 cm³/mol. The molecule has 0 atom stereocenters. The molecule has 1 saturated heterocycles. The topological polar surface area (TPSA) is 107 Å². The minimum Gasteiger partial charge on any atom is -0.478 e. The number of aromatic carboxylic acids is 1. The van der Waals surface area contributed by atoms with Gasteiger partial charge in [-0.25, -0.2) is 9.78 Å². The molecule has 0 bridgehead atoms. The van der Waals surface area contributed by atoms with E-state index in [1.165, 1.54) is 28.5 Å². The van der Waals surface area contributed by atoms with Gasteiger partial charge in [0.05, 0.1) is 22.6 Å². The number of rotatable bonds is 5. The number of amides is 1. The van der Waals surface area contributed by atoms with Crippen LogP contribution in [0.2, 0.25) is 5.02 Å². The van der Waals surface area contributed by atoms with Crippen LogP contribution in [0.4, 0.5) is 10.8 Å². The summed E-state index contributed by atoms with van der Waals surface area (Å²) in [4.78, 5) is 28.2. The van der Waals surface area contributed by atoms with E-state index in [-0.39, 0.29) is 11.3 Å². The van der Waals surface area contributed by atoms with E-state index >= 15 is 0 Å². The van der Waals surface area contributed by atoms with E-state index in [0.29, 0.717) is 27.2 Å². The van der Waals surface area contributed by atoms with E-state index in [9.17, 15) is 9.59 Å². The number of nitrogens with zero attached hydrogens (tertiary/aromatic N) is 3. The Bertz CT molecular complexity index is 1170. The minimum atomic E-state index is -1.02. The maximum Gasteiger partial charge on any atom is 0.335 e. The van der Waals surface area contributed by atoms with Crippen LogP contribution >= 0.6 is 22.9 Å². The first-order valence-electron chi connectivity index (χ1n) is 8.61. The standard InChI is InChI=1S/C20H14ClN5O3S/c1-11-17(24-23-15-8-4-13(5-9-15)19(28)29)18(27)26(25-11)20-22-16(10-30-20)12-2-6-14(21)7-3-12/h2-10,23,25H,1H2,(H,28,29)/b24-17+. The molecule has 4 rings (SSSR count). The van der Waals surface area contributed by atoms with Crippen molar-refractivity contribution in [1.29, 1.82) is 0 Å². The molecule has 8 nitrogen and oxygen atoms in total. The van der Waals surface area contributed by atoms with Crippen LogP contribution in [0.5, 0.6) is 0 Å². The van der Waals surface area contributed by atoms with Crippen molar-refractivity contribution in [3.8, 4) is 11.3 Å². The number of anilines is 2. The van der Waals surface area contributed by atoms with Crippen molar-refractivity contribution in [1.82, 2.24) is 10.4 Å². The number of carbonyl (C=O) groups is 2. The number of hydrazone groups is 1. The zero-order valence-corrected chi connectivity index (χ0v) is 16.9. The van der Waals surface area contributed by atoms with Crippen LogP contribution in [-0.4, -0.2) is 27.7 Å². The van der Waals surface area contributed by atoms with Crippen molar-refractivity contribution < 1.29 is 14.7 Å². The lowest BCUT2D eigenvalue weighted by atomic mass is 10.2. The fourth-order valence-corrected chi connectivity index (χ4v) is 3.57. The molecule has 1 aromatic heterocycles. The van der Waals surface area contributed by atoms with Crippen molar-refractivity contribution in [3.05, 3.63) is 76.8 Å². The molecule has 1 aliphatic rings. The van der Waals surface area contributed by atoms with Gasteiger partial charge in [0.15, 0.2) is 5.71 Å². The number of nitrogens with one attached hydrogen (secondary N) is 2. The molecular weight excluding hydrogens is 426 g/mol. The summed E-state index contributed by atoms with van der Waals surface area (Å²) < 4.78 is 0. The second-order valence-electron chi connectivity index (χ2n) is 6.21. The molecule has 3 aromatic rings. The summed E-state index contributed by atoms with van der Waals surface area (Å²) in [5.74, 6) is -1.43. The largest absolute Gasteiger partial charge is 0.478 e. The molecule has 1 amide bonds. The lowest BCUT2D eigenvalue weighted by molar-refractivity contribution is -0.112. The van der Waals surface area contributed by atoms with Crippen molar-refractivity contribution in [2.24, 2.45) is 5.10 Å². The van der Waals surface area contributed by atoms with Gasteiger partial charge in [-0.05, 0) is 36.4 Å². The molecule has 1 fully saturated rings. The third-order valence-electron chi connectivity index (χ3n) is 4.19. The fraction of sp³-hybridized carbons (Fsp3) is 0. The average Bonchev–Trinajstić information content (AvgIpc) is 3.32. The minimum absolute atomic E-state index is 0.0977. The highest BCUT2D eigenvalue weighted by atomic mass is 35.5. The summed E-state index contributed by atoms with van der Waals surface area (Å²) >= 11 is 7.22. The van der Waals surface area contributed by atoms with Gasteiger partial charge in [-0.15, -0.1) is 11.3 Å². The maximum atomic E-state index is 12.8. The molecule has 0 unspecified atom stereocenters. The molecule has 2 aromatic carbocycles. The predicted octanol–water partition coefficient (Wildman–Crippen LogP) is 3.99. The van der Waals surface area contributed by atoms with E-state index in [2.05, 4.69) is 27.5 Å². The Morgan fingerprint density at radius 1 is 1.20 bits per heavy atom. The highest BCUT2D eigenvalue weighted by molar-refractivity contribution is 7.14.